The molecule has 0 amide bonds. The standard InChI is InChI=1S/C14H11FO5/c1-7(14(18)19-2)12(16)10-6-20-11-4-3-8(15)5-9(11)13(10)17/h3-6,12,16H,1H2,2H3. The zero-order valence-electron chi connectivity index (χ0n) is 10.6. The van der Waals surface area contributed by atoms with Gasteiger partial charge in [0.05, 0.1) is 23.6 Å². The molecule has 0 radical (unpaired) electrons. The molecule has 6 heteroatoms. The molecule has 1 atom stereocenters. The predicted octanol–water partition coefficient (Wildman–Crippen LogP) is 1.69. The second-order valence-corrected chi connectivity index (χ2v) is 4.08. The van der Waals surface area contributed by atoms with E-state index in [0.717, 1.165) is 25.5 Å². The van der Waals surface area contributed by atoms with E-state index in [9.17, 15) is 19.1 Å². The molecule has 0 saturated heterocycles. The summed E-state index contributed by atoms with van der Waals surface area (Å²) in [5, 5.41) is 9.92. The second kappa shape index (κ2) is 5.26. The quantitative estimate of drug-likeness (QED) is 0.683. The maximum atomic E-state index is 13.2. The lowest BCUT2D eigenvalue weighted by Crippen LogP contribution is -2.19. The predicted molar refractivity (Wildman–Crippen MR) is 68.6 cm³/mol. The molecule has 2 rings (SSSR count). The fraction of sp³-hybridized carbons (Fsp3) is 0.143. The maximum Gasteiger partial charge on any atom is 0.336 e. The first kappa shape index (κ1) is 14.0. The summed E-state index contributed by atoms with van der Waals surface area (Å²) in [7, 11) is 1.12. The maximum absolute atomic E-state index is 13.2. The molecule has 1 aromatic carbocycles. The van der Waals surface area contributed by atoms with E-state index in [-0.39, 0.29) is 22.1 Å². The third kappa shape index (κ3) is 2.33. The Labute approximate surface area is 112 Å². The van der Waals surface area contributed by atoms with Crippen molar-refractivity contribution < 1.29 is 23.4 Å². The molecule has 1 unspecified atom stereocenters. The molecule has 0 aliphatic carbocycles. The summed E-state index contributed by atoms with van der Waals surface area (Å²) in [5.41, 5.74) is -0.978. The van der Waals surface area contributed by atoms with Gasteiger partial charge >= 0.3 is 5.97 Å². The van der Waals surface area contributed by atoms with Crippen molar-refractivity contribution in [1.29, 1.82) is 0 Å². The van der Waals surface area contributed by atoms with Crippen molar-refractivity contribution in [2.45, 2.75) is 6.10 Å². The van der Waals surface area contributed by atoms with Crippen LogP contribution in [0.2, 0.25) is 0 Å². The number of fused-ring (bicyclic) bond motifs is 1. The minimum Gasteiger partial charge on any atom is -0.466 e. The average Bonchev–Trinajstić information content (AvgIpc) is 2.46. The van der Waals surface area contributed by atoms with Crippen molar-refractivity contribution in [1.82, 2.24) is 0 Å². The van der Waals surface area contributed by atoms with Crippen LogP contribution in [-0.2, 0) is 9.53 Å². The Kier molecular flexibility index (Phi) is 3.67. The van der Waals surface area contributed by atoms with Gasteiger partial charge in [0, 0.05) is 0 Å². The van der Waals surface area contributed by atoms with Crippen LogP contribution in [0.15, 0.2) is 45.8 Å². The van der Waals surface area contributed by atoms with Gasteiger partial charge in [0.15, 0.2) is 5.43 Å². The third-order valence-corrected chi connectivity index (χ3v) is 2.83. The van der Waals surface area contributed by atoms with Crippen molar-refractivity contribution >= 4 is 16.9 Å². The van der Waals surface area contributed by atoms with Crippen LogP contribution in [-0.4, -0.2) is 18.2 Å². The van der Waals surface area contributed by atoms with Gasteiger partial charge in [0.25, 0.3) is 0 Å². The Morgan fingerprint density at radius 1 is 1.50 bits per heavy atom. The number of halogens is 1. The van der Waals surface area contributed by atoms with E-state index >= 15 is 0 Å². The van der Waals surface area contributed by atoms with Crippen molar-refractivity contribution in [2.75, 3.05) is 7.11 Å². The van der Waals surface area contributed by atoms with Crippen LogP contribution in [0.3, 0.4) is 0 Å². The molecule has 0 saturated carbocycles. The van der Waals surface area contributed by atoms with Crippen LogP contribution in [0, 0.1) is 5.82 Å². The molecular weight excluding hydrogens is 267 g/mol. The van der Waals surface area contributed by atoms with Crippen LogP contribution < -0.4 is 5.43 Å². The van der Waals surface area contributed by atoms with Crippen LogP contribution in [0.25, 0.3) is 11.0 Å². The number of aliphatic hydroxyl groups is 1. The summed E-state index contributed by atoms with van der Waals surface area (Å²) in [4.78, 5) is 23.4. The van der Waals surface area contributed by atoms with E-state index in [1.54, 1.807) is 0 Å². The molecule has 5 nitrogen and oxygen atoms in total. The van der Waals surface area contributed by atoms with Gasteiger partial charge in [-0.1, -0.05) is 6.58 Å². The number of carbonyl (C=O) groups excluding carboxylic acids is 1. The third-order valence-electron chi connectivity index (χ3n) is 2.83. The van der Waals surface area contributed by atoms with E-state index in [1.807, 2.05) is 0 Å². The monoisotopic (exact) mass is 278 g/mol. The minimum atomic E-state index is -1.58. The number of benzene rings is 1. The van der Waals surface area contributed by atoms with Crippen LogP contribution in [0.1, 0.15) is 11.7 Å². The lowest BCUT2D eigenvalue weighted by Gasteiger charge is -2.11. The molecule has 0 aliphatic heterocycles. The second-order valence-electron chi connectivity index (χ2n) is 4.08. The highest BCUT2D eigenvalue weighted by Gasteiger charge is 2.23. The Morgan fingerprint density at radius 2 is 2.20 bits per heavy atom. The van der Waals surface area contributed by atoms with Crippen LogP contribution in [0.4, 0.5) is 4.39 Å². The molecule has 20 heavy (non-hydrogen) atoms. The van der Waals surface area contributed by atoms with Gasteiger partial charge < -0.3 is 14.3 Å². The summed E-state index contributed by atoms with van der Waals surface area (Å²) >= 11 is 0. The molecule has 1 heterocycles. The molecule has 1 aromatic heterocycles. The van der Waals surface area contributed by atoms with Gasteiger partial charge in [-0.05, 0) is 18.2 Å². The molecule has 2 aromatic rings. The molecule has 0 aliphatic rings. The number of hydrogen-bond donors (Lipinski definition) is 1. The normalized spacial score (nSPS) is 12.2. The van der Waals surface area contributed by atoms with Crippen LogP contribution >= 0.6 is 0 Å². The van der Waals surface area contributed by atoms with E-state index in [1.165, 1.54) is 6.07 Å². The van der Waals surface area contributed by atoms with Crippen molar-refractivity contribution in [3.8, 4) is 0 Å². The number of aliphatic hydroxyl groups excluding tert-OH is 1. The molecule has 0 fully saturated rings. The molecule has 0 spiro atoms. The summed E-state index contributed by atoms with van der Waals surface area (Å²) in [6, 6.07) is 3.45. The minimum absolute atomic E-state index is 0.0285. The molecule has 104 valence electrons. The largest absolute Gasteiger partial charge is 0.466 e. The average molecular weight is 278 g/mol. The summed E-state index contributed by atoms with van der Waals surface area (Å²) in [6.07, 6.45) is -0.562. The molecule has 1 N–H and O–H groups in total. The van der Waals surface area contributed by atoms with Gasteiger partial charge in [0.2, 0.25) is 0 Å². The van der Waals surface area contributed by atoms with Gasteiger partial charge in [-0.15, -0.1) is 0 Å². The number of ether oxygens (including phenoxy) is 1. The first-order valence-electron chi connectivity index (χ1n) is 5.62. The molecular formula is C14H11FO5. The fourth-order valence-electron chi connectivity index (χ4n) is 1.74. The number of carbonyl (C=O) groups is 1. The van der Waals surface area contributed by atoms with Gasteiger partial charge in [-0.25, -0.2) is 9.18 Å². The zero-order valence-corrected chi connectivity index (χ0v) is 10.6. The van der Waals surface area contributed by atoms with Crippen molar-refractivity contribution in [2.24, 2.45) is 0 Å². The lowest BCUT2D eigenvalue weighted by atomic mass is 10.0. The summed E-state index contributed by atoms with van der Waals surface area (Å²) < 4.78 is 22.7. The Morgan fingerprint density at radius 3 is 2.85 bits per heavy atom. The van der Waals surface area contributed by atoms with Crippen molar-refractivity contribution in [3.63, 3.8) is 0 Å². The van der Waals surface area contributed by atoms with Crippen molar-refractivity contribution in [3.05, 3.63) is 58.2 Å². The van der Waals surface area contributed by atoms with E-state index in [2.05, 4.69) is 11.3 Å². The SMILES string of the molecule is C=C(C(=O)OC)C(O)c1coc2ccc(F)cc2c1=O. The molecule has 0 bridgehead atoms. The summed E-state index contributed by atoms with van der Waals surface area (Å²) in [6.45, 7) is 3.36. The number of rotatable bonds is 3. The van der Waals surface area contributed by atoms with E-state index in [0.29, 0.717) is 0 Å². The number of esters is 1. The van der Waals surface area contributed by atoms with Crippen LogP contribution in [0.5, 0.6) is 0 Å². The van der Waals surface area contributed by atoms with Gasteiger partial charge in [-0.3, -0.25) is 4.79 Å². The highest BCUT2D eigenvalue weighted by molar-refractivity contribution is 5.89. The summed E-state index contributed by atoms with van der Waals surface area (Å²) in [5.74, 6) is -1.46. The highest BCUT2D eigenvalue weighted by Crippen LogP contribution is 2.21. The van der Waals surface area contributed by atoms with E-state index < -0.39 is 23.3 Å². The number of methoxy groups -OCH3 is 1. The Hall–Kier alpha value is -2.47. The van der Waals surface area contributed by atoms with E-state index in [4.69, 9.17) is 4.42 Å². The first-order valence-corrected chi connectivity index (χ1v) is 5.62. The smallest absolute Gasteiger partial charge is 0.336 e. The number of hydrogen-bond acceptors (Lipinski definition) is 5. The zero-order chi connectivity index (χ0) is 14.9. The fourth-order valence-corrected chi connectivity index (χ4v) is 1.74. The Balaban J connectivity index is 2.56. The van der Waals surface area contributed by atoms with Gasteiger partial charge in [-0.2, -0.15) is 0 Å². The highest BCUT2D eigenvalue weighted by atomic mass is 19.1. The first-order chi connectivity index (χ1) is 9.45. The lowest BCUT2D eigenvalue weighted by molar-refractivity contribution is -0.137. The topological polar surface area (TPSA) is 76.7 Å². The van der Waals surface area contributed by atoms with Gasteiger partial charge in [0.1, 0.15) is 23.8 Å². The Bertz CT molecular complexity index is 747.